The van der Waals surface area contributed by atoms with Gasteiger partial charge in [-0.3, -0.25) is 9.59 Å². The first-order chi connectivity index (χ1) is 14.5. The lowest BCUT2D eigenvalue weighted by Crippen LogP contribution is -2.43. The van der Waals surface area contributed by atoms with E-state index in [1.165, 1.54) is 18.0 Å². The van der Waals surface area contributed by atoms with Gasteiger partial charge in [-0.15, -0.1) is 0 Å². The van der Waals surface area contributed by atoms with Gasteiger partial charge in [-0.05, 0) is 80.9 Å². The minimum absolute atomic E-state index is 0.189. The summed E-state index contributed by atoms with van der Waals surface area (Å²) in [5, 5.41) is 3.62. The van der Waals surface area contributed by atoms with E-state index >= 15 is 0 Å². The van der Waals surface area contributed by atoms with E-state index in [1.54, 1.807) is 17.0 Å². The van der Waals surface area contributed by atoms with Crippen molar-refractivity contribution in [3.8, 4) is 0 Å². The molecule has 1 saturated heterocycles. The number of aryl methyl sites for hydroxylation is 2. The van der Waals surface area contributed by atoms with Crippen molar-refractivity contribution in [1.29, 1.82) is 0 Å². The lowest BCUT2D eigenvalue weighted by atomic mass is 10.2. The number of hydrogen-bond acceptors (Lipinski definition) is 6. The Balaban J connectivity index is 1.40. The quantitative estimate of drug-likeness (QED) is 0.623. The number of rotatable bonds is 5. The third-order valence-electron chi connectivity index (χ3n) is 4.84. The van der Waals surface area contributed by atoms with Crippen LogP contribution < -0.4 is 5.32 Å². The van der Waals surface area contributed by atoms with Gasteiger partial charge in [0.1, 0.15) is 6.04 Å². The van der Waals surface area contributed by atoms with E-state index in [0.717, 1.165) is 22.7 Å². The highest BCUT2D eigenvalue weighted by Crippen LogP contribution is 2.27. The third-order valence-corrected chi connectivity index (χ3v) is 5.71. The van der Waals surface area contributed by atoms with Crippen LogP contribution in [0, 0.1) is 13.8 Å². The summed E-state index contributed by atoms with van der Waals surface area (Å²) in [7, 11) is 0. The maximum atomic E-state index is 12.8. The molecule has 8 heteroatoms. The van der Waals surface area contributed by atoms with Crippen molar-refractivity contribution in [2.24, 2.45) is 0 Å². The fourth-order valence-corrected chi connectivity index (χ4v) is 4.36. The monoisotopic (exact) mass is 422 g/mol. The third kappa shape index (κ3) is 4.54. The van der Waals surface area contributed by atoms with E-state index in [4.69, 9.17) is 4.42 Å². The Morgan fingerprint density at radius 2 is 1.87 bits per heavy atom. The van der Waals surface area contributed by atoms with Crippen LogP contribution in [0.3, 0.4) is 0 Å². The van der Waals surface area contributed by atoms with Crippen LogP contribution >= 0.6 is 11.8 Å². The van der Waals surface area contributed by atoms with Gasteiger partial charge >= 0.3 is 0 Å². The zero-order chi connectivity index (χ0) is 21.1. The maximum absolute atomic E-state index is 12.8. The van der Waals surface area contributed by atoms with Crippen molar-refractivity contribution in [3.05, 3.63) is 65.9 Å². The number of benzene rings is 1. The highest BCUT2D eigenvalue weighted by atomic mass is 32.2. The van der Waals surface area contributed by atoms with Gasteiger partial charge in [0, 0.05) is 28.5 Å². The first-order valence-electron chi connectivity index (χ1n) is 9.75. The normalized spacial score (nSPS) is 15.9. The zero-order valence-corrected chi connectivity index (χ0v) is 17.6. The SMILES string of the molecule is Cc1cc(C)nc(Sc2ccc(NC(=O)C3CCCN3C(=O)c3ccco3)cc2)n1. The molecule has 0 aliphatic carbocycles. The summed E-state index contributed by atoms with van der Waals surface area (Å²) in [6.45, 7) is 4.43. The molecule has 7 nitrogen and oxygen atoms in total. The second-order valence-electron chi connectivity index (χ2n) is 7.18. The minimum atomic E-state index is -0.500. The van der Waals surface area contributed by atoms with Crippen LogP contribution in [0.1, 0.15) is 34.8 Å². The zero-order valence-electron chi connectivity index (χ0n) is 16.8. The summed E-state index contributed by atoms with van der Waals surface area (Å²) < 4.78 is 5.20. The molecule has 4 rings (SSSR count). The van der Waals surface area contributed by atoms with E-state index in [-0.39, 0.29) is 17.6 Å². The Kier molecular flexibility index (Phi) is 5.85. The lowest BCUT2D eigenvalue weighted by molar-refractivity contribution is -0.119. The molecule has 0 radical (unpaired) electrons. The van der Waals surface area contributed by atoms with Crippen LogP contribution in [-0.4, -0.2) is 39.3 Å². The number of amides is 2. The van der Waals surface area contributed by atoms with Crippen molar-refractivity contribution in [1.82, 2.24) is 14.9 Å². The molecule has 1 N–H and O–H groups in total. The first-order valence-corrected chi connectivity index (χ1v) is 10.6. The van der Waals surface area contributed by atoms with E-state index in [0.29, 0.717) is 23.8 Å². The smallest absolute Gasteiger partial charge is 0.290 e. The number of hydrogen-bond donors (Lipinski definition) is 1. The van der Waals surface area contributed by atoms with Crippen LogP contribution in [0.25, 0.3) is 0 Å². The Morgan fingerprint density at radius 3 is 2.53 bits per heavy atom. The van der Waals surface area contributed by atoms with Gasteiger partial charge in [0.05, 0.1) is 6.26 Å². The van der Waals surface area contributed by atoms with Crippen molar-refractivity contribution in [2.75, 3.05) is 11.9 Å². The molecule has 0 bridgehead atoms. The van der Waals surface area contributed by atoms with E-state index < -0.39 is 6.04 Å². The van der Waals surface area contributed by atoms with Gasteiger partial charge in [0.15, 0.2) is 10.9 Å². The summed E-state index contributed by atoms with van der Waals surface area (Å²) >= 11 is 1.47. The molecule has 3 aromatic rings. The number of anilines is 1. The molecule has 1 unspecified atom stereocenters. The summed E-state index contributed by atoms with van der Waals surface area (Å²) in [4.78, 5) is 36.8. The van der Waals surface area contributed by atoms with E-state index in [9.17, 15) is 9.59 Å². The van der Waals surface area contributed by atoms with Crippen LogP contribution in [0.2, 0.25) is 0 Å². The molecule has 1 aliphatic rings. The molecule has 0 spiro atoms. The van der Waals surface area contributed by atoms with Crippen molar-refractivity contribution in [2.45, 2.75) is 42.8 Å². The topological polar surface area (TPSA) is 88.3 Å². The number of nitrogens with one attached hydrogen (secondary N) is 1. The van der Waals surface area contributed by atoms with Gasteiger partial charge in [0.2, 0.25) is 5.91 Å². The molecule has 154 valence electrons. The van der Waals surface area contributed by atoms with Gasteiger partial charge in [-0.25, -0.2) is 9.97 Å². The average molecular weight is 423 g/mol. The van der Waals surface area contributed by atoms with Gasteiger partial charge in [-0.1, -0.05) is 0 Å². The fraction of sp³-hybridized carbons (Fsp3) is 0.273. The largest absolute Gasteiger partial charge is 0.459 e. The fourth-order valence-electron chi connectivity index (χ4n) is 3.50. The molecule has 30 heavy (non-hydrogen) atoms. The molecule has 2 aromatic heterocycles. The molecule has 3 heterocycles. The number of carbonyl (C=O) groups excluding carboxylic acids is 2. The minimum Gasteiger partial charge on any atom is -0.459 e. The number of furan rings is 1. The van der Waals surface area contributed by atoms with Gasteiger partial charge < -0.3 is 14.6 Å². The molecule has 1 fully saturated rings. The van der Waals surface area contributed by atoms with Crippen molar-refractivity contribution in [3.63, 3.8) is 0 Å². The predicted molar refractivity (Wildman–Crippen MR) is 113 cm³/mol. The number of nitrogens with zero attached hydrogens (tertiary/aromatic N) is 3. The molecule has 2 amide bonds. The second-order valence-corrected chi connectivity index (χ2v) is 8.22. The molecular formula is C22H22N4O3S. The number of likely N-dealkylation sites (tertiary alicyclic amines) is 1. The summed E-state index contributed by atoms with van der Waals surface area (Å²) in [5.41, 5.74) is 2.54. The highest BCUT2D eigenvalue weighted by molar-refractivity contribution is 7.99. The van der Waals surface area contributed by atoms with Crippen LogP contribution in [0.15, 0.2) is 63.2 Å². The molecular weight excluding hydrogens is 400 g/mol. The van der Waals surface area contributed by atoms with E-state index in [2.05, 4.69) is 15.3 Å². The summed E-state index contributed by atoms with van der Waals surface area (Å²) in [5.74, 6) is -0.187. The molecule has 1 aliphatic heterocycles. The summed E-state index contributed by atoms with van der Waals surface area (Å²) in [6, 6.07) is 12.2. The van der Waals surface area contributed by atoms with Crippen LogP contribution in [0.5, 0.6) is 0 Å². The highest BCUT2D eigenvalue weighted by Gasteiger charge is 2.35. The predicted octanol–water partition coefficient (Wildman–Crippen LogP) is 4.08. The lowest BCUT2D eigenvalue weighted by Gasteiger charge is -2.23. The Morgan fingerprint density at radius 1 is 1.13 bits per heavy atom. The number of aromatic nitrogens is 2. The molecule has 1 aromatic carbocycles. The standard InChI is InChI=1S/C22H22N4O3S/c1-14-13-15(2)24-22(23-14)30-17-9-7-16(8-10-17)25-20(27)18-5-3-11-26(18)21(28)19-6-4-12-29-19/h4,6-10,12-13,18H,3,5,11H2,1-2H3,(H,25,27). The maximum Gasteiger partial charge on any atom is 0.290 e. The number of carbonyl (C=O) groups is 2. The van der Waals surface area contributed by atoms with Crippen molar-refractivity contribution < 1.29 is 14.0 Å². The first kappa shape index (κ1) is 20.2. The average Bonchev–Trinajstić information content (AvgIpc) is 3.40. The van der Waals surface area contributed by atoms with Crippen LogP contribution in [0.4, 0.5) is 5.69 Å². The molecule has 1 atom stereocenters. The Hall–Kier alpha value is -3.13. The second kappa shape index (κ2) is 8.71. The van der Waals surface area contributed by atoms with Crippen LogP contribution in [-0.2, 0) is 4.79 Å². The Labute approximate surface area is 178 Å². The van der Waals surface area contributed by atoms with E-state index in [1.807, 2.05) is 44.2 Å². The summed E-state index contributed by atoms with van der Waals surface area (Å²) in [6.07, 6.45) is 2.88. The molecule has 0 saturated carbocycles. The van der Waals surface area contributed by atoms with Crippen molar-refractivity contribution >= 4 is 29.3 Å². The van der Waals surface area contributed by atoms with Gasteiger partial charge in [-0.2, -0.15) is 0 Å². The van der Waals surface area contributed by atoms with Gasteiger partial charge in [0.25, 0.3) is 5.91 Å². The Bertz CT molecular complexity index is 1030.